The molecule has 1 aromatic carbocycles. The molecule has 0 spiro atoms. The van der Waals surface area contributed by atoms with E-state index in [1.54, 1.807) is 11.9 Å². The van der Waals surface area contributed by atoms with Gasteiger partial charge in [0.1, 0.15) is 12.4 Å². The number of rotatable bonds is 3. The number of fused-ring (bicyclic) bond motifs is 1. The minimum absolute atomic E-state index is 0.0512. The lowest BCUT2D eigenvalue weighted by atomic mass is 10.1. The third kappa shape index (κ3) is 2.53. The second-order valence-corrected chi connectivity index (χ2v) is 4.12. The fourth-order valence-corrected chi connectivity index (χ4v) is 1.73. The van der Waals surface area contributed by atoms with Crippen molar-refractivity contribution in [2.24, 2.45) is 0 Å². The summed E-state index contributed by atoms with van der Waals surface area (Å²) < 4.78 is 0. The highest BCUT2D eigenvalue weighted by atomic mass is 16.4. The number of aromatic nitrogens is 1. The van der Waals surface area contributed by atoms with E-state index in [4.69, 9.17) is 5.11 Å². The van der Waals surface area contributed by atoms with Gasteiger partial charge in [0.2, 0.25) is 0 Å². The molecule has 0 aliphatic rings. The number of aliphatic carboxylic acids is 1. The number of likely N-dealkylation sites (N-methyl/N-ethyl adjacent to an activating group) is 1. The van der Waals surface area contributed by atoms with Gasteiger partial charge < -0.3 is 10.0 Å². The number of pyridine rings is 1. The van der Waals surface area contributed by atoms with Crippen LogP contribution in [0.4, 0.5) is 5.82 Å². The molecule has 4 heteroatoms. The molecule has 0 radical (unpaired) electrons. The molecule has 2 aromatic rings. The average molecular weight is 230 g/mol. The average Bonchev–Trinajstić information content (AvgIpc) is 2.27. The Hall–Kier alpha value is -2.10. The van der Waals surface area contributed by atoms with Crippen LogP contribution >= 0.6 is 0 Å². The zero-order chi connectivity index (χ0) is 12.4. The van der Waals surface area contributed by atoms with Crippen LogP contribution in [-0.4, -0.2) is 29.7 Å². The van der Waals surface area contributed by atoms with Crippen molar-refractivity contribution in [3.8, 4) is 0 Å². The van der Waals surface area contributed by atoms with Crippen LogP contribution in [0.5, 0.6) is 0 Å². The molecule has 0 bridgehead atoms. The summed E-state index contributed by atoms with van der Waals surface area (Å²) in [6.07, 6.45) is 0. The highest BCUT2D eigenvalue weighted by Gasteiger charge is 2.07. The lowest BCUT2D eigenvalue weighted by molar-refractivity contribution is -0.135. The van der Waals surface area contributed by atoms with Crippen molar-refractivity contribution in [1.82, 2.24) is 4.98 Å². The van der Waals surface area contributed by atoms with Gasteiger partial charge in [-0.05, 0) is 31.2 Å². The molecule has 17 heavy (non-hydrogen) atoms. The minimum atomic E-state index is -0.863. The summed E-state index contributed by atoms with van der Waals surface area (Å²) in [6, 6.07) is 9.80. The van der Waals surface area contributed by atoms with Crippen LogP contribution in [0.3, 0.4) is 0 Å². The molecule has 0 amide bonds. The van der Waals surface area contributed by atoms with Crippen LogP contribution in [0.15, 0.2) is 30.3 Å². The van der Waals surface area contributed by atoms with Gasteiger partial charge in [-0.3, -0.25) is 4.79 Å². The van der Waals surface area contributed by atoms with Crippen molar-refractivity contribution in [1.29, 1.82) is 0 Å². The predicted octanol–water partition coefficient (Wildman–Crippen LogP) is 2.06. The quantitative estimate of drug-likeness (QED) is 0.877. The van der Waals surface area contributed by atoms with Gasteiger partial charge in [0.05, 0.1) is 5.52 Å². The van der Waals surface area contributed by atoms with E-state index in [0.29, 0.717) is 5.82 Å². The number of aryl methyl sites for hydroxylation is 1. The Balaban J connectivity index is 2.37. The molecular formula is C13H14N2O2. The third-order valence-electron chi connectivity index (χ3n) is 2.59. The summed E-state index contributed by atoms with van der Waals surface area (Å²) in [5, 5.41) is 9.79. The maximum Gasteiger partial charge on any atom is 0.323 e. The third-order valence-corrected chi connectivity index (χ3v) is 2.59. The molecule has 1 aromatic heterocycles. The van der Waals surface area contributed by atoms with Crippen LogP contribution in [-0.2, 0) is 4.79 Å². The van der Waals surface area contributed by atoms with Crippen molar-refractivity contribution in [2.45, 2.75) is 6.92 Å². The van der Waals surface area contributed by atoms with Crippen LogP contribution in [0, 0.1) is 6.92 Å². The van der Waals surface area contributed by atoms with Gasteiger partial charge in [-0.15, -0.1) is 0 Å². The highest BCUT2D eigenvalue weighted by Crippen LogP contribution is 2.18. The first-order valence-corrected chi connectivity index (χ1v) is 5.36. The Bertz CT molecular complexity index is 566. The lowest BCUT2D eigenvalue weighted by Crippen LogP contribution is -2.25. The summed E-state index contributed by atoms with van der Waals surface area (Å²) in [5.74, 6) is -0.193. The second-order valence-electron chi connectivity index (χ2n) is 4.12. The van der Waals surface area contributed by atoms with Crippen molar-refractivity contribution < 1.29 is 9.90 Å². The number of carbonyl (C=O) groups is 1. The molecule has 2 rings (SSSR count). The van der Waals surface area contributed by atoms with E-state index in [-0.39, 0.29) is 6.54 Å². The van der Waals surface area contributed by atoms with E-state index < -0.39 is 5.97 Å². The smallest absolute Gasteiger partial charge is 0.323 e. The summed E-state index contributed by atoms with van der Waals surface area (Å²) in [7, 11) is 1.72. The number of hydrogen-bond acceptors (Lipinski definition) is 3. The predicted molar refractivity (Wildman–Crippen MR) is 67.4 cm³/mol. The lowest BCUT2D eigenvalue weighted by Gasteiger charge is -2.15. The van der Waals surface area contributed by atoms with E-state index >= 15 is 0 Å². The minimum Gasteiger partial charge on any atom is -0.480 e. The van der Waals surface area contributed by atoms with E-state index in [1.807, 2.05) is 31.2 Å². The normalized spacial score (nSPS) is 10.5. The molecule has 0 atom stereocenters. The van der Waals surface area contributed by atoms with Crippen molar-refractivity contribution in [3.63, 3.8) is 0 Å². The molecule has 0 saturated carbocycles. The van der Waals surface area contributed by atoms with Gasteiger partial charge in [0, 0.05) is 12.4 Å². The topological polar surface area (TPSA) is 53.4 Å². The number of nitrogens with zero attached hydrogens (tertiary/aromatic N) is 2. The molecule has 88 valence electrons. The summed E-state index contributed by atoms with van der Waals surface area (Å²) in [6.45, 7) is 1.98. The number of benzene rings is 1. The largest absolute Gasteiger partial charge is 0.480 e. The maximum absolute atomic E-state index is 10.6. The van der Waals surface area contributed by atoms with Gasteiger partial charge in [0.25, 0.3) is 0 Å². The van der Waals surface area contributed by atoms with Crippen molar-refractivity contribution >= 4 is 22.7 Å². The van der Waals surface area contributed by atoms with Crippen LogP contribution in [0.25, 0.3) is 10.9 Å². The highest BCUT2D eigenvalue weighted by molar-refractivity contribution is 5.81. The number of carboxylic acids is 1. The summed E-state index contributed by atoms with van der Waals surface area (Å²) in [5.41, 5.74) is 2.07. The monoisotopic (exact) mass is 230 g/mol. The summed E-state index contributed by atoms with van der Waals surface area (Å²) in [4.78, 5) is 16.7. The van der Waals surface area contributed by atoms with Crippen LogP contribution in [0.1, 0.15) is 5.56 Å². The Morgan fingerprint density at radius 3 is 2.82 bits per heavy atom. The van der Waals surface area contributed by atoms with Gasteiger partial charge in [0.15, 0.2) is 0 Å². The molecule has 0 aliphatic carbocycles. The van der Waals surface area contributed by atoms with E-state index in [2.05, 4.69) is 11.1 Å². The maximum atomic E-state index is 10.6. The standard InChI is InChI=1S/C13H14N2O2/c1-9-3-5-11-10(7-9)4-6-12(14-11)15(2)8-13(16)17/h3-7H,8H2,1-2H3,(H,16,17). The van der Waals surface area contributed by atoms with E-state index in [1.165, 1.54) is 5.56 Å². The van der Waals surface area contributed by atoms with Gasteiger partial charge in [-0.2, -0.15) is 0 Å². The van der Waals surface area contributed by atoms with Crippen molar-refractivity contribution in [2.75, 3.05) is 18.5 Å². The Labute approximate surface area is 99.5 Å². The van der Waals surface area contributed by atoms with Gasteiger partial charge in [-0.25, -0.2) is 4.98 Å². The van der Waals surface area contributed by atoms with Crippen LogP contribution in [0.2, 0.25) is 0 Å². The Morgan fingerprint density at radius 2 is 2.12 bits per heavy atom. The molecular weight excluding hydrogens is 216 g/mol. The first-order chi connectivity index (χ1) is 8.06. The molecule has 0 aliphatic heterocycles. The Morgan fingerprint density at radius 1 is 1.35 bits per heavy atom. The van der Waals surface area contributed by atoms with E-state index in [9.17, 15) is 4.79 Å². The second kappa shape index (κ2) is 4.41. The molecule has 1 heterocycles. The first kappa shape index (κ1) is 11.4. The summed E-state index contributed by atoms with van der Waals surface area (Å²) >= 11 is 0. The number of anilines is 1. The van der Waals surface area contributed by atoms with E-state index in [0.717, 1.165) is 10.9 Å². The molecule has 4 nitrogen and oxygen atoms in total. The molecule has 0 unspecified atom stereocenters. The van der Waals surface area contributed by atoms with Gasteiger partial charge >= 0.3 is 5.97 Å². The Kier molecular flexibility index (Phi) is 2.95. The fraction of sp³-hybridized carbons (Fsp3) is 0.231. The number of carboxylic acid groups (broad SMARTS) is 1. The first-order valence-electron chi connectivity index (χ1n) is 5.36. The molecule has 0 saturated heterocycles. The van der Waals surface area contributed by atoms with Gasteiger partial charge in [-0.1, -0.05) is 11.6 Å². The zero-order valence-electron chi connectivity index (χ0n) is 9.84. The van der Waals surface area contributed by atoms with Crippen LogP contribution < -0.4 is 4.90 Å². The zero-order valence-corrected chi connectivity index (χ0v) is 9.84. The SMILES string of the molecule is Cc1ccc2nc(N(C)CC(=O)O)ccc2c1. The number of hydrogen-bond donors (Lipinski definition) is 1. The van der Waals surface area contributed by atoms with Crippen molar-refractivity contribution in [3.05, 3.63) is 35.9 Å². The molecule has 0 fully saturated rings. The fourth-order valence-electron chi connectivity index (χ4n) is 1.73. The molecule has 1 N–H and O–H groups in total.